The number of hydrogen-bond acceptors (Lipinski definition) is 3. The van der Waals surface area contributed by atoms with Gasteiger partial charge >= 0.3 is 6.09 Å². The smallest absolute Gasteiger partial charge is 0.407 e. The Hall–Kier alpha value is -0.620. The first-order valence-electron chi connectivity index (χ1n) is 2.06. The third-order valence-corrected chi connectivity index (χ3v) is 0.917. The van der Waals surface area contributed by atoms with Crippen LogP contribution < -0.4 is 5.32 Å². The predicted molar refractivity (Wildman–Crippen MR) is 31.2 cm³/mol. The zero-order chi connectivity index (χ0) is 7.28. The molecule has 0 aromatic carbocycles. The van der Waals surface area contributed by atoms with Crippen LogP contribution >= 0.6 is 0 Å². The van der Waals surface area contributed by atoms with Gasteiger partial charge in [0, 0.05) is 0 Å². The van der Waals surface area contributed by atoms with Gasteiger partial charge in [-0.15, -0.1) is 0 Å². The Kier molecular flexibility index (Phi) is 3.98. The fourth-order valence-corrected chi connectivity index (χ4v) is 0.434. The quantitative estimate of drug-likeness (QED) is 0.525. The maximum Gasteiger partial charge on any atom is 0.407 e. The molecule has 5 nitrogen and oxygen atoms in total. The zero-order valence-electron chi connectivity index (χ0n) is 4.79. The SMILES string of the molecule is COC(=O)NCS(=O)O. The summed E-state index contributed by atoms with van der Waals surface area (Å²) in [6, 6.07) is 0. The van der Waals surface area contributed by atoms with Gasteiger partial charge in [-0.25, -0.2) is 9.00 Å². The molecule has 0 saturated carbocycles. The van der Waals surface area contributed by atoms with Crippen molar-refractivity contribution in [3.8, 4) is 0 Å². The number of carbonyl (C=O) groups is 1. The van der Waals surface area contributed by atoms with Gasteiger partial charge in [0.1, 0.15) is 5.88 Å². The molecule has 54 valence electrons. The van der Waals surface area contributed by atoms with Gasteiger partial charge in [0.2, 0.25) is 0 Å². The number of ether oxygens (including phenoxy) is 1. The summed E-state index contributed by atoms with van der Waals surface area (Å²) in [5.74, 6) is -0.299. The van der Waals surface area contributed by atoms with Crippen molar-refractivity contribution < 1.29 is 18.3 Å². The molecule has 0 aliphatic heterocycles. The summed E-state index contributed by atoms with van der Waals surface area (Å²) in [4.78, 5) is 10.1. The molecule has 0 aliphatic rings. The minimum absolute atomic E-state index is 0.299. The van der Waals surface area contributed by atoms with Gasteiger partial charge in [-0.2, -0.15) is 0 Å². The fourth-order valence-electron chi connectivity index (χ4n) is 0.193. The third-order valence-electron chi connectivity index (χ3n) is 0.525. The van der Waals surface area contributed by atoms with E-state index in [9.17, 15) is 9.00 Å². The van der Waals surface area contributed by atoms with E-state index in [1.54, 1.807) is 0 Å². The number of carbonyl (C=O) groups excluding carboxylic acids is 1. The second-order valence-electron chi connectivity index (χ2n) is 1.13. The van der Waals surface area contributed by atoms with Crippen LogP contribution in [0.25, 0.3) is 0 Å². The minimum Gasteiger partial charge on any atom is -0.453 e. The molecule has 0 saturated heterocycles. The molecule has 1 atom stereocenters. The first-order chi connectivity index (χ1) is 4.16. The molecular weight excluding hydrogens is 146 g/mol. The number of hydrogen-bond donors (Lipinski definition) is 2. The molecule has 0 aliphatic carbocycles. The van der Waals surface area contributed by atoms with Crippen molar-refractivity contribution in [1.82, 2.24) is 5.32 Å². The van der Waals surface area contributed by atoms with Gasteiger partial charge in [-0.05, 0) is 0 Å². The number of amides is 1. The summed E-state index contributed by atoms with van der Waals surface area (Å²) in [6.07, 6.45) is -0.711. The Morgan fingerprint density at radius 2 is 2.44 bits per heavy atom. The molecule has 0 aromatic rings. The molecule has 6 heteroatoms. The van der Waals surface area contributed by atoms with E-state index in [4.69, 9.17) is 4.55 Å². The van der Waals surface area contributed by atoms with Crippen molar-refractivity contribution in [2.24, 2.45) is 0 Å². The van der Waals surface area contributed by atoms with Crippen molar-refractivity contribution in [3.05, 3.63) is 0 Å². The summed E-state index contributed by atoms with van der Waals surface area (Å²) in [7, 11) is 1.18. The second kappa shape index (κ2) is 4.28. The van der Waals surface area contributed by atoms with E-state index in [1.807, 2.05) is 5.32 Å². The Morgan fingerprint density at radius 1 is 1.89 bits per heavy atom. The summed E-state index contributed by atoms with van der Waals surface area (Å²) in [5, 5.41) is 2.02. The highest BCUT2D eigenvalue weighted by Gasteiger charge is 1.97. The normalized spacial score (nSPS) is 12.2. The molecule has 0 heterocycles. The molecular formula is C3H7NO4S. The van der Waals surface area contributed by atoms with Crippen molar-refractivity contribution in [2.75, 3.05) is 13.0 Å². The molecule has 0 radical (unpaired) electrons. The minimum atomic E-state index is -2.00. The number of nitrogens with one attached hydrogen (secondary N) is 1. The molecule has 1 unspecified atom stereocenters. The number of alkyl carbamates (subject to hydrolysis) is 1. The molecule has 2 N–H and O–H groups in total. The van der Waals surface area contributed by atoms with Gasteiger partial charge < -0.3 is 14.6 Å². The Balaban J connectivity index is 3.28. The Bertz CT molecular complexity index is 125. The van der Waals surface area contributed by atoms with Crippen LogP contribution in [0.1, 0.15) is 0 Å². The lowest BCUT2D eigenvalue weighted by molar-refractivity contribution is 0.172. The molecule has 0 fully saturated rings. The van der Waals surface area contributed by atoms with Crippen molar-refractivity contribution >= 4 is 17.2 Å². The highest BCUT2D eigenvalue weighted by atomic mass is 32.2. The zero-order valence-corrected chi connectivity index (χ0v) is 5.60. The summed E-state index contributed by atoms with van der Waals surface area (Å²) in [6.45, 7) is 0. The highest BCUT2D eigenvalue weighted by molar-refractivity contribution is 7.79. The van der Waals surface area contributed by atoms with Crippen LogP contribution in [0.3, 0.4) is 0 Å². The van der Waals surface area contributed by atoms with Crippen molar-refractivity contribution in [2.45, 2.75) is 0 Å². The van der Waals surface area contributed by atoms with Gasteiger partial charge in [0.25, 0.3) is 0 Å². The van der Waals surface area contributed by atoms with Gasteiger partial charge in [0.05, 0.1) is 7.11 Å². The fraction of sp³-hybridized carbons (Fsp3) is 0.667. The lowest BCUT2D eigenvalue weighted by atomic mass is 11.1. The Labute approximate surface area is 54.7 Å². The highest BCUT2D eigenvalue weighted by Crippen LogP contribution is 1.71. The maximum absolute atomic E-state index is 10.1. The van der Waals surface area contributed by atoms with Crippen LogP contribution in [0.15, 0.2) is 0 Å². The number of rotatable bonds is 2. The largest absolute Gasteiger partial charge is 0.453 e. The maximum atomic E-state index is 10.1. The average molecular weight is 153 g/mol. The van der Waals surface area contributed by atoms with E-state index in [1.165, 1.54) is 7.11 Å². The third kappa shape index (κ3) is 5.25. The molecule has 1 amide bonds. The van der Waals surface area contributed by atoms with E-state index >= 15 is 0 Å². The van der Waals surface area contributed by atoms with Gasteiger partial charge in [-0.3, -0.25) is 0 Å². The number of methoxy groups -OCH3 is 1. The van der Waals surface area contributed by atoms with E-state index in [0.717, 1.165) is 0 Å². The van der Waals surface area contributed by atoms with Crippen LogP contribution in [0.4, 0.5) is 4.79 Å². The molecule has 0 bridgehead atoms. The summed E-state index contributed by atoms with van der Waals surface area (Å²) >= 11 is -2.00. The van der Waals surface area contributed by atoms with Crippen molar-refractivity contribution in [1.29, 1.82) is 0 Å². The predicted octanol–water partition coefficient (Wildman–Crippen LogP) is -0.478. The van der Waals surface area contributed by atoms with Crippen molar-refractivity contribution in [3.63, 3.8) is 0 Å². The monoisotopic (exact) mass is 153 g/mol. The standard InChI is InChI=1S/C3H7NO4S/c1-8-3(5)4-2-9(6)7/h2H2,1H3,(H,4,5)(H,6,7). The van der Waals surface area contributed by atoms with Crippen LogP contribution in [0, 0.1) is 0 Å². The van der Waals surface area contributed by atoms with Gasteiger partial charge in [0.15, 0.2) is 11.1 Å². The van der Waals surface area contributed by atoms with E-state index in [2.05, 4.69) is 4.74 Å². The topological polar surface area (TPSA) is 75.6 Å². The molecule has 0 aromatic heterocycles. The van der Waals surface area contributed by atoms with E-state index in [0.29, 0.717) is 0 Å². The van der Waals surface area contributed by atoms with Crippen LogP contribution in [0.2, 0.25) is 0 Å². The Morgan fingerprint density at radius 3 is 2.78 bits per heavy atom. The van der Waals surface area contributed by atoms with Crippen LogP contribution in [0.5, 0.6) is 0 Å². The second-order valence-corrected chi connectivity index (χ2v) is 2.07. The van der Waals surface area contributed by atoms with Gasteiger partial charge in [-0.1, -0.05) is 0 Å². The van der Waals surface area contributed by atoms with E-state index < -0.39 is 17.2 Å². The molecule has 9 heavy (non-hydrogen) atoms. The van der Waals surface area contributed by atoms with Crippen LogP contribution in [-0.2, 0) is 15.8 Å². The first-order valence-corrected chi connectivity index (χ1v) is 3.33. The lowest BCUT2D eigenvalue weighted by Gasteiger charge is -1.97. The van der Waals surface area contributed by atoms with Crippen LogP contribution in [-0.4, -0.2) is 27.8 Å². The molecule has 0 spiro atoms. The molecule has 0 rings (SSSR count). The lowest BCUT2D eigenvalue weighted by Crippen LogP contribution is -2.26. The average Bonchev–Trinajstić information content (AvgIpc) is 1.83. The first kappa shape index (κ1) is 8.38. The summed E-state index contributed by atoms with van der Waals surface area (Å²) < 4.78 is 22.1. The summed E-state index contributed by atoms with van der Waals surface area (Å²) in [5.41, 5.74) is 0. The van der Waals surface area contributed by atoms with E-state index in [-0.39, 0.29) is 5.88 Å².